The zero-order valence-electron chi connectivity index (χ0n) is 4.28. The van der Waals surface area contributed by atoms with E-state index in [1.807, 2.05) is 0 Å². The van der Waals surface area contributed by atoms with E-state index < -0.39 is 0 Å². The molecule has 0 aromatic rings. The number of rotatable bonds is 3. The largest absolute Gasteiger partial charge is 0.258 e. The predicted molar refractivity (Wildman–Crippen MR) is 28.0 cm³/mol. The van der Waals surface area contributed by atoms with Crippen LogP contribution in [0.25, 0.3) is 0 Å². The average molecular weight is 101 g/mol. The zero-order valence-corrected chi connectivity index (χ0v) is 4.28. The van der Waals surface area contributed by atoms with E-state index in [9.17, 15) is 0 Å². The number of hydrazine groups is 2. The van der Waals surface area contributed by atoms with Gasteiger partial charge in [-0.3, -0.25) is 5.84 Å². The van der Waals surface area contributed by atoms with Gasteiger partial charge in [-0.15, -0.1) is 0 Å². The Hall–Kier alpha value is -0.120. The maximum atomic E-state index is 4.94. The fourth-order valence-corrected chi connectivity index (χ4v) is 0.525. The molecule has 0 amide bonds. The molecule has 42 valence electrons. The van der Waals surface area contributed by atoms with Crippen molar-refractivity contribution in [2.45, 2.75) is 12.8 Å². The molecule has 0 aromatic heterocycles. The highest BCUT2D eigenvalue weighted by Gasteiger charge is 2.19. The van der Waals surface area contributed by atoms with E-state index in [1.54, 1.807) is 0 Å². The highest BCUT2D eigenvalue weighted by Crippen LogP contribution is 2.27. The molecule has 0 heterocycles. The van der Waals surface area contributed by atoms with Crippen molar-refractivity contribution in [2.75, 3.05) is 6.54 Å². The van der Waals surface area contributed by atoms with Gasteiger partial charge in [-0.1, -0.05) is 0 Å². The standard InChI is InChI=1S/C4H11N3/c5-7-6-3-4-1-2-4/h4,6-7H,1-3,5H2. The maximum absolute atomic E-state index is 4.94. The molecule has 0 aromatic carbocycles. The summed E-state index contributed by atoms with van der Waals surface area (Å²) >= 11 is 0. The van der Waals surface area contributed by atoms with Gasteiger partial charge < -0.3 is 0 Å². The van der Waals surface area contributed by atoms with Crippen LogP contribution in [0.1, 0.15) is 12.8 Å². The van der Waals surface area contributed by atoms with Gasteiger partial charge in [0.2, 0.25) is 0 Å². The van der Waals surface area contributed by atoms with Crippen LogP contribution in [0.3, 0.4) is 0 Å². The minimum Gasteiger partial charge on any atom is -0.258 e. The first-order valence-electron chi connectivity index (χ1n) is 2.62. The van der Waals surface area contributed by atoms with Crippen molar-refractivity contribution in [1.82, 2.24) is 11.0 Å². The Morgan fingerprint density at radius 3 is 2.71 bits per heavy atom. The summed E-state index contributed by atoms with van der Waals surface area (Å²) < 4.78 is 0. The van der Waals surface area contributed by atoms with Crippen LogP contribution in [0.2, 0.25) is 0 Å². The molecule has 7 heavy (non-hydrogen) atoms. The van der Waals surface area contributed by atoms with Crippen LogP contribution in [-0.2, 0) is 0 Å². The summed E-state index contributed by atoms with van der Waals surface area (Å²) in [6.07, 6.45) is 2.74. The lowest BCUT2D eigenvalue weighted by atomic mass is 10.4. The Labute approximate surface area is 43.2 Å². The molecule has 3 heteroatoms. The van der Waals surface area contributed by atoms with E-state index in [0.717, 1.165) is 12.5 Å². The molecule has 1 aliphatic carbocycles. The Morgan fingerprint density at radius 2 is 2.29 bits per heavy atom. The van der Waals surface area contributed by atoms with Gasteiger partial charge in [-0.2, -0.15) is 5.53 Å². The van der Waals surface area contributed by atoms with E-state index in [4.69, 9.17) is 5.84 Å². The second kappa shape index (κ2) is 2.26. The van der Waals surface area contributed by atoms with E-state index in [0.29, 0.717) is 0 Å². The second-order valence-corrected chi connectivity index (χ2v) is 1.97. The molecule has 4 N–H and O–H groups in total. The van der Waals surface area contributed by atoms with Gasteiger partial charge in [0.25, 0.3) is 0 Å². The molecule has 1 aliphatic rings. The van der Waals surface area contributed by atoms with E-state index in [1.165, 1.54) is 12.8 Å². The van der Waals surface area contributed by atoms with Crippen LogP contribution in [-0.4, -0.2) is 6.54 Å². The quantitative estimate of drug-likeness (QED) is 0.327. The lowest BCUT2D eigenvalue weighted by molar-refractivity contribution is 0.529. The third-order valence-electron chi connectivity index (χ3n) is 1.19. The van der Waals surface area contributed by atoms with Gasteiger partial charge in [0, 0.05) is 6.54 Å². The molecule has 0 bridgehead atoms. The summed E-state index contributed by atoms with van der Waals surface area (Å²) in [5, 5.41) is 0. The SMILES string of the molecule is NNNCC1CC1. The van der Waals surface area contributed by atoms with E-state index in [2.05, 4.69) is 11.0 Å². The van der Waals surface area contributed by atoms with Gasteiger partial charge in [0.15, 0.2) is 0 Å². The van der Waals surface area contributed by atoms with Gasteiger partial charge >= 0.3 is 0 Å². The number of hydrogen-bond acceptors (Lipinski definition) is 3. The fraction of sp³-hybridized carbons (Fsp3) is 1.00. The fourth-order valence-electron chi connectivity index (χ4n) is 0.525. The summed E-state index contributed by atoms with van der Waals surface area (Å²) in [5.41, 5.74) is 5.23. The second-order valence-electron chi connectivity index (χ2n) is 1.97. The third kappa shape index (κ3) is 1.87. The predicted octanol–water partition coefficient (Wildman–Crippen LogP) is -0.636. The molecule has 1 rings (SSSR count). The van der Waals surface area contributed by atoms with Crippen LogP contribution in [0.15, 0.2) is 0 Å². The Kier molecular flexibility index (Phi) is 1.62. The van der Waals surface area contributed by atoms with Crippen LogP contribution in [0, 0.1) is 5.92 Å². The maximum Gasteiger partial charge on any atom is 0.0141 e. The molecule has 3 nitrogen and oxygen atoms in total. The summed E-state index contributed by atoms with van der Waals surface area (Å²) in [4.78, 5) is 0. The molecule has 0 unspecified atom stereocenters. The molecule has 0 aliphatic heterocycles. The highest BCUT2D eigenvalue weighted by atomic mass is 15.5. The molecule has 0 radical (unpaired) electrons. The summed E-state index contributed by atoms with van der Waals surface area (Å²) in [6.45, 7) is 1.02. The average Bonchev–Trinajstić information content (AvgIpc) is 2.42. The van der Waals surface area contributed by atoms with Gasteiger partial charge in [-0.25, -0.2) is 5.43 Å². The summed E-state index contributed by atoms with van der Waals surface area (Å²) in [7, 11) is 0. The molecule has 0 atom stereocenters. The molecule has 1 fully saturated rings. The van der Waals surface area contributed by atoms with Crippen LogP contribution in [0.4, 0.5) is 0 Å². The third-order valence-corrected chi connectivity index (χ3v) is 1.19. The first-order valence-corrected chi connectivity index (χ1v) is 2.62. The molecule has 1 saturated carbocycles. The number of nitrogens with two attached hydrogens (primary N) is 1. The van der Waals surface area contributed by atoms with Gasteiger partial charge in [0.05, 0.1) is 0 Å². The molecule has 0 spiro atoms. The van der Waals surface area contributed by atoms with Crippen molar-refractivity contribution in [3.8, 4) is 0 Å². The van der Waals surface area contributed by atoms with Gasteiger partial charge in [0.1, 0.15) is 0 Å². The highest BCUT2D eigenvalue weighted by molar-refractivity contribution is 4.73. The smallest absolute Gasteiger partial charge is 0.0141 e. The summed E-state index contributed by atoms with van der Waals surface area (Å²) in [5.74, 6) is 5.84. The minimum atomic E-state index is 0.899. The summed E-state index contributed by atoms with van der Waals surface area (Å²) in [6, 6.07) is 0. The lowest BCUT2D eigenvalue weighted by Gasteiger charge is -1.96. The van der Waals surface area contributed by atoms with Crippen LogP contribution < -0.4 is 16.8 Å². The van der Waals surface area contributed by atoms with Crippen molar-refractivity contribution in [3.63, 3.8) is 0 Å². The van der Waals surface area contributed by atoms with E-state index in [-0.39, 0.29) is 0 Å². The van der Waals surface area contributed by atoms with Gasteiger partial charge in [-0.05, 0) is 18.8 Å². The van der Waals surface area contributed by atoms with Crippen molar-refractivity contribution in [3.05, 3.63) is 0 Å². The Balaban J connectivity index is 1.80. The van der Waals surface area contributed by atoms with Crippen molar-refractivity contribution >= 4 is 0 Å². The van der Waals surface area contributed by atoms with Crippen molar-refractivity contribution in [1.29, 1.82) is 0 Å². The first kappa shape index (κ1) is 5.03. The van der Waals surface area contributed by atoms with Crippen LogP contribution >= 0.6 is 0 Å². The van der Waals surface area contributed by atoms with Crippen molar-refractivity contribution < 1.29 is 0 Å². The van der Waals surface area contributed by atoms with E-state index >= 15 is 0 Å². The number of hydrogen-bond donors (Lipinski definition) is 3. The Morgan fingerprint density at radius 1 is 1.57 bits per heavy atom. The van der Waals surface area contributed by atoms with Crippen LogP contribution in [0.5, 0.6) is 0 Å². The number of nitrogens with one attached hydrogen (secondary N) is 2. The molecular formula is C4H11N3. The topological polar surface area (TPSA) is 50.1 Å². The monoisotopic (exact) mass is 101 g/mol. The van der Waals surface area contributed by atoms with Crippen molar-refractivity contribution in [2.24, 2.45) is 11.8 Å². The first-order chi connectivity index (χ1) is 3.43. The zero-order chi connectivity index (χ0) is 5.11. The lowest BCUT2D eigenvalue weighted by Crippen LogP contribution is -2.38. The normalized spacial score (nSPS) is 20.1. The Bertz CT molecular complexity index is 50.9. The molecular weight excluding hydrogens is 90.1 g/mol. The molecule has 0 saturated heterocycles. The minimum absolute atomic E-state index is 0.899.